The molecule has 3 aromatic carbocycles. The van der Waals surface area contributed by atoms with Gasteiger partial charge in [0.15, 0.2) is 0 Å². The van der Waals surface area contributed by atoms with E-state index in [4.69, 9.17) is 16.6 Å². The number of carbonyl (C=O) groups is 1. The molecule has 0 unspecified atom stereocenters. The Morgan fingerprint density at radius 2 is 1.65 bits per heavy atom. The molecule has 5 nitrogen and oxygen atoms in total. The van der Waals surface area contributed by atoms with E-state index >= 15 is 0 Å². The monoisotopic (exact) mass is 566 g/mol. The van der Waals surface area contributed by atoms with Gasteiger partial charge >= 0.3 is 6.18 Å². The molecular weight excluding hydrogens is 537 g/mol. The largest absolute Gasteiger partial charge is 0.389 e. The van der Waals surface area contributed by atoms with Crippen molar-refractivity contribution >= 4 is 34.2 Å². The van der Waals surface area contributed by atoms with Crippen LogP contribution in [-0.4, -0.2) is 39.6 Å². The first-order chi connectivity index (χ1) is 19.2. The fourth-order valence-electron chi connectivity index (χ4n) is 6.27. The number of amides is 1. The molecule has 6 rings (SSSR count). The molecule has 1 fully saturated rings. The number of hydrogen-bond acceptors (Lipinski definition) is 3. The lowest BCUT2D eigenvalue weighted by Crippen LogP contribution is -2.48. The van der Waals surface area contributed by atoms with Gasteiger partial charge in [-0.3, -0.25) is 9.69 Å². The Balaban J connectivity index is 1.28. The zero-order valence-electron chi connectivity index (χ0n) is 22.0. The van der Waals surface area contributed by atoms with Crippen LogP contribution in [0.3, 0.4) is 0 Å². The molecule has 3 heterocycles. The first-order valence-corrected chi connectivity index (χ1v) is 14.0. The van der Waals surface area contributed by atoms with E-state index in [1.54, 1.807) is 27.7 Å². The Morgan fingerprint density at radius 1 is 0.925 bits per heavy atom. The Kier molecular flexibility index (Phi) is 7.09. The number of aryl methyl sites for hydroxylation is 1. The summed E-state index contributed by atoms with van der Waals surface area (Å²) in [5.41, 5.74) is 3.85. The molecule has 0 N–H and O–H groups in total. The number of rotatable bonds is 7. The highest BCUT2D eigenvalue weighted by atomic mass is 35.5. The van der Waals surface area contributed by atoms with Gasteiger partial charge in [-0.05, 0) is 67.7 Å². The molecule has 40 heavy (non-hydrogen) atoms. The molecular formula is C31H30ClF3N4O. The number of imidazole rings is 1. The van der Waals surface area contributed by atoms with Gasteiger partial charge in [0, 0.05) is 30.2 Å². The summed E-state index contributed by atoms with van der Waals surface area (Å²) in [7, 11) is 0. The Bertz CT molecular complexity index is 1530. The third-order valence-corrected chi connectivity index (χ3v) is 8.49. The van der Waals surface area contributed by atoms with Crippen LogP contribution in [0.15, 0.2) is 72.8 Å². The van der Waals surface area contributed by atoms with Gasteiger partial charge in [0.1, 0.15) is 5.82 Å². The summed E-state index contributed by atoms with van der Waals surface area (Å²) in [6, 6.07) is 23.5. The molecule has 0 aliphatic carbocycles. The first kappa shape index (κ1) is 26.8. The summed E-state index contributed by atoms with van der Waals surface area (Å²) in [5, 5.41) is 0.503. The van der Waals surface area contributed by atoms with Gasteiger partial charge in [0.25, 0.3) is 0 Å². The fourth-order valence-corrected chi connectivity index (χ4v) is 6.44. The van der Waals surface area contributed by atoms with E-state index in [0.29, 0.717) is 34.7 Å². The predicted octanol–water partition coefficient (Wildman–Crippen LogP) is 7.11. The third kappa shape index (κ3) is 5.10. The Hall–Kier alpha value is -3.36. The molecule has 1 spiro atoms. The summed E-state index contributed by atoms with van der Waals surface area (Å²) in [5.74, 6) is 0.598. The van der Waals surface area contributed by atoms with Gasteiger partial charge in [-0.1, -0.05) is 60.1 Å². The van der Waals surface area contributed by atoms with Crippen LogP contribution in [0.2, 0.25) is 5.02 Å². The van der Waals surface area contributed by atoms with E-state index in [1.807, 2.05) is 42.5 Å². The SMILES string of the molecule is O=C1N(Cc2nc3cc(Cl)ccc3n2CCCC(F)(F)F)c2ccccc2C12CCN(Cc1ccccc1)CC2. The molecule has 0 radical (unpaired) electrons. The van der Waals surface area contributed by atoms with Crippen molar-refractivity contribution in [1.29, 1.82) is 0 Å². The molecule has 0 bridgehead atoms. The maximum Gasteiger partial charge on any atom is 0.389 e. The minimum atomic E-state index is -4.23. The van der Waals surface area contributed by atoms with Crippen molar-refractivity contribution in [3.05, 3.63) is 94.8 Å². The zero-order valence-corrected chi connectivity index (χ0v) is 22.8. The molecule has 4 aromatic rings. The van der Waals surface area contributed by atoms with Crippen molar-refractivity contribution in [2.24, 2.45) is 0 Å². The first-order valence-electron chi connectivity index (χ1n) is 13.6. The average Bonchev–Trinajstić information content (AvgIpc) is 3.38. The summed E-state index contributed by atoms with van der Waals surface area (Å²) in [6.45, 7) is 2.79. The Morgan fingerprint density at radius 3 is 2.40 bits per heavy atom. The molecule has 0 atom stereocenters. The van der Waals surface area contributed by atoms with E-state index in [1.165, 1.54) is 5.56 Å². The smallest absolute Gasteiger partial charge is 0.326 e. The summed E-state index contributed by atoms with van der Waals surface area (Å²) < 4.78 is 40.7. The number of carbonyl (C=O) groups excluding carboxylic acids is 1. The lowest BCUT2D eigenvalue weighted by Gasteiger charge is -2.38. The lowest BCUT2D eigenvalue weighted by atomic mass is 9.73. The summed E-state index contributed by atoms with van der Waals surface area (Å²) in [4.78, 5) is 23.2. The average molecular weight is 567 g/mol. The zero-order chi connectivity index (χ0) is 27.9. The molecule has 2 aliphatic rings. The fraction of sp³-hybridized carbons (Fsp3) is 0.355. The predicted molar refractivity (Wildman–Crippen MR) is 150 cm³/mol. The second-order valence-corrected chi connectivity index (χ2v) is 11.2. The van der Waals surface area contributed by atoms with Crippen molar-refractivity contribution in [2.75, 3.05) is 18.0 Å². The van der Waals surface area contributed by atoms with Gasteiger partial charge in [0.2, 0.25) is 5.91 Å². The van der Waals surface area contributed by atoms with Gasteiger partial charge in [-0.15, -0.1) is 0 Å². The minimum absolute atomic E-state index is 0.0417. The molecule has 1 aromatic heterocycles. The molecule has 2 aliphatic heterocycles. The van der Waals surface area contributed by atoms with Crippen molar-refractivity contribution in [2.45, 2.75) is 56.9 Å². The van der Waals surface area contributed by atoms with Crippen molar-refractivity contribution < 1.29 is 18.0 Å². The van der Waals surface area contributed by atoms with Gasteiger partial charge in [-0.25, -0.2) is 4.98 Å². The van der Waals surface area contributed by atoms with E-state index in [-0.39, 0.29) is 25.4 Å². The number of benzene rings is 3. The quantitative estimate of drug-likeness (QED) is 0.239. The van der Waals surface area contributed by atoms with Crippen LogP contribution >= 0.6 is 11.6 Å². The third-order valence-electron chi connectivity index (χ3n) is 8.25. The second-order valence-electron chi connectivity index (χ2n) is 10.8. The number of aromatic nitrogens is 2. The highest BCUT2D eigenvalue weighted by Crippen LogP contribution is 2.48. The van der Waals surface area contributed by atoms with E-state index in [0.717, 1.165) is 30.9 Å². The highest BCUT2D eigenvalue weighted by Gasteiger charge is 2.52. The van der Waals surface area contributed by atoms with Crippen LogP contribution < -0.4 is 4.90 Å². The maximum atomic E-state index is 14.2. The summed E-state index contributed by atoms with van der Waals surface area (Å²) in [6.07, 6.45) is -3.76. The lowest BCUT2D eigenvalue weighted by molar-refractivity contribution is -0.135. The number of anilines is 1. The number of para-hydroxylation sites is 1. The number of hydrogen-bond donors (Lipinski definition) is 0. The molecule has 1 saturated heterocycles. The van der Waals surface area contributed by atoms with Crippen molar-refractivity contribution in [3.8, 4) is 0 Å². The highest BCUT2D eigenvalue weighted by molar-refractivity contribution is 6.31. The van der Waals surface area contributed by atoms with Crippen molar-refractivity contribution in [1.82, 2.24) is 14.5 Å². The van der Waals surface area contributed by atoms with Gasteiger partial charge in [-0.2, -0.15) is 13.2 Å². The van der Waals surface area contributed by atoms with Crippen LogP contribution in [0.4, 0.5) is 18.9 Å². The molecule has 1 amide bonds. The van der Waals surface area contributed by atoms with Gasteiger partial charge < -0.3 is 9.47 Å². The van der Waals surface area contributed by atoms with E-state index in [2.05, 4.69) is 17.0 Å². The van der Waals surface area contributed by atoms with Crippen LogP contribution in [0, 0.1) is 0 Å². The maximum absolute atomic E-state index is 14.2. The number of piperidine rings is 1. The van der Waals surface area contributed by atoms with Crippen molar-refractivity contribution in [3.63, 3.8) is 0 Å². The van der Waals surface area contributed by atoms with Crippen LogP contribution in [0.1, 0.15) is 42.6 Å². The number of halogens is 4. The normalized spacial score (nSPS) is 17.2. The van der Waals surface area contributed by atoms with Crippen LogP contribution in [-0.2, 0) is 29.8 Å². The van der Waals surface area contributed by atoms with Gasteiger partial charge in [0.05, 0.1) is 23.0 Å². The van der Waals surface area contributed by atoms with Crippen LogP contribution in [0.25, 0.3) is 11.0 Å². The topological polar surface area (TPSA) is 41.4 Å². The standard InChI is InChI=1S/C31H30ClF3N4O/c32-23-11-12-27-25(19-23)36-28(38(27)16-6-13-31(33,34)35)21-39-26-10-5-4-9-24(26)30(29(39)40)14-17-37(18-15-30)20-22-7-2-1-3-8-22/h1-5,7-12,19H,6,13-18,20-21H2. The van der Waals surface area contributed by atoms with E-state index < -0.39 is 18.0 Å². The number of alkyl halides is 3. The molecule has 208 valence electrons. The minimum Gasteiger partial charge on any atom is -0.326 e. The Labute approximate surface area is 236 Å². The number of likely N-dealkylation sites (tertiary alicyclic amines) is 1. The molecule has 0 saturated carbocycles. The number of fused-ring (bicyclic) bond motifs is 3. The second kappa shape index (κ2) is 10.6. The number of nitrogens with zero attached hydrogens (tertiary/aromatic N) is 4. The summed E-state index contributed by atoms with van der Waals surface area (Å²) >= 11 is 6.20. The van der Waals surface area contributed by atoms with E-state index in [9.17, 15) is 18.0 Å². The molecule has 9 heteroatoms. The van der Waals surface area contributed by atoms with Crippen LogP contribution in [0.5, 0.6) is 0 Å².